The van der Waals surface area contributed by atoms with Crippen LogP contribution in [0.3, 0.4) is 0 Å². The molecule has 33 heavy (non-hydrogen) atoms. The van der Waals surface area contributed by atoms with Crippen molar-refractivity contribution in [2.45, 2.75) is 76.9 Å². The van der Waals surface area contributed by atoms with Crippen molar-refractivity contribution in [3.05, 3.63) is 34.9 Å². The minimum Gasteiger partial charge on any atom is -0.352 e. The topological polar surface area (TPSA) is 53.2 Å². The third-order valence-electron chi connectivity index (χ3n) is 6.98. The molecule has 1 saturated carbocycles. The van der Waals surface area contributed by atoms with E-state index in [-0.39, 0.29) is 29.5 Å². The molecule has 3 atom stereocenters. The van der Waals surface area contributed by atoms with Crippen LogP contribution in [0.15, 0.2) is 18.2 Å². The maximum atomic E-state index is 13.2. The van der Waals surface area contributed by atoms with Crippen molar-refractivity contribution in [2.75, 3.05) is 13.1 Å². The van der Waals surface area contributed by atoms with Gasteiger partial charge in [-0.05, 0) is 68.3 Å². The number of hydrogen-bond donors (Lipinski definition) is 3. The Labute approximate surface area is 189 Å². The molecule has 2 fully saturated rings. The first-order chi connectivity index (χ1) is 15.3. The second-order valence-electron chi connectivity index (χ2n) is 9.56. The van der Waals surface area contributed by atoms with Gasteiger partial charge in [0.05, 0.1) is 16.5 Å². The van der Waals surface area contributed by atoms with E-state index in [1.807, 2.05) is 13.8 Å². The van der Waals surface area contributed by atoms with Crippen LogP contribution in [0, 0.1) is 11.3 Å². The molecule has 186 valence electrons. The van der Waals surface area contributed by atoms with Crippen molar-refractivity contribution in [3.63, 3.8) is 0 Å². The van der Waals surface area contributed by atoms with Gasteiger partial charge in [-0.1, -0.05) is 13.8 Å². The fraction of sp³-hybridized carbons (Fsp3) is 0.696. The normalized spacial score (nSPS) is 26.6. The minimum atomic E-state index is -4.92. The third-order valence-corrected chi connectivity index (χ3v) is 6.98. The van der Waals surface area contributed by atoms with Gasteiger partial charge in [0, 0.05) is 25.2 Å². The molecule has 1 amide bonds. The highest BCUT2D eigenvalue weighted by Crippen LogP contribution is 2.45. The molecule has 3 N–H and O–H groups in total. The second-order valence-corrected chi connectivity index (χ2v) is 9.56. The van der Waals surface area contributed by atoms with Gasteiger partial charge in [0.15, 0.2) is 0 Å². The molecule has 0 aromatic heterocycles. The lowest BCUT2D eigenvalue weighted by Crippen LogP contribution is -2.48. The molecule has 1 saturated heterocycles. The predicted octanol–water partition coefficient (Wildman–Crippen LogP) is 4.88. The average molecular weight is 480 g/mol. The van der Waals surface area contributed by atoms with Gasteiger partial charge in [0.25, 0.3) is 0 Å². The molecule has 1 aromatic carbocycles. The number of benzene rings is 1. The van der Waals surface area contributed by atoms with Crippen molar-refractivity contribution in [2.24, 2.45) is 11.3 Å². The SMILES string of the molecule is CC(C)[C@]1(C(=O)NCc2cc(C(F)(F)F)cc(C(F)(F)F)c2)CC[C@@H](NC2CCCNC2)C1. The van der Waals surface area contributed by atoms with Crippen LogP contribution in [-0.2, 0) is 23.7 Å². The number of piperidine rings is 1. The number of nitrogens with one attached hydrogen (secondary N) is 3. The van der Waals surface area contributed by atoms with Gasteiger partial charge in [-0.2, -0.15) is 26.3 Å². The summed E-state index contributed by atoms with van der Waals surface area (Å²) in [6.45, 7) is 5.32. The highest BCUT2D eigenvalue weighted by molar-refractivity contribution is 5.83. The summed E-state index contributed by atoms with van der Waals surface area (Å²) in [4.78, 5) is 13.2. The fourth-order valence-corrected chi connectivity index (χ4v) is 5.02. The predicted molar refractivity (Wildman–Crippen MR) is 112 cm³/mol. The van der Waals surface area contributed by atoms with Crippen molar-refractivity contribution >= 4 is 5.91 Å². The molecule has 2 aliphatic rings. The molecule has 1 heterocycles. The monoisotopic (exact) mass is 479 g/mol. The molecule has 0 bridgehead atoms. The van der Waals surface area contributed by atoms with Gasteiger partial charge < -0.3 is 16.0 Å². The van der Waals surface area contributed by atoms with Crippen LogP contribution in [0.4, 0.5) is 26.3 Å². The van der Waals surface area contributed by atoms with Crippen LogP contribution in [0.1, 0.15) is 62.6 Å². The zero-order valence-corrected chi connectivity index (χ0v) is 18.8. The van der Waals surface area contributed by atoms with Crippen molar-refractivity contribution in [1.82, 2.24) is 16.0 Å². The quantitative estimate of drug-likeness (QED) is 0.510. The number of rotatable bonds is 6. The van der Waals surface area contributed by atoms with E-state index in [0.29, 0.717) is 31.0 Å². The number of amides is 1. The van der Waals surface area contributed by atoms with E-state index < -0.39 is 35.4 Å². The third kappa shape index (κ3) is 6.20. The molecular weight excluding hydrogens is 448 g/mol. The largest absolute Gasteiger partial charge is 0.416 e. The summed E-state index contributed by atoms with van der Waals surface area (Å²) in [5, 5.41) is 9.58. The van der Waals surface area contributed by atoms with Gasteiger partial charge in [-0.15, -0.1) is 0 Å². The maximum absolute atomic E-state index is 13.2. The summed E-state index contributed by atoms with van der Waals surface area (Å²) in [6, 6.07) is 1.89. The Morgan fingerprint density at radius 2 is 1.70 bits per heavy atom. The number of hydrogen-bond acceptors (Lipinski definition) is 3. The van der Waals surface area contributed by atoms with E-state index in [4.69, 9.17) is 0 Å². The molecule has 4 nitrogen and oxygen atoms in total. The lowest BCUT2D eigenvalue weighted by Gasteiger charge is -2.33. The van der Waals surface area contributed by atoms with Crippen molar-refractivity contribution in [1.29, 1.82) is 0 Å². The highest BCUT2D eigenvalue weighted by atomic mass is 19.4. The Kier molecular flexibility index (Phi) is 7.68. The Hall–Kier alpha value is -1.81. The van der Waals surface area contributed by atoms with Crippen LogP contribution in [0.2, 0.25) is 0 Å². The molecule has 1 unspecified atom stereocenters. The first kappa shape index (κ1) is 25.8. The first-order valence-electron chi connectivity index (χ1n) is 11.3. The standard InChI is InChI=1S/C23H31F6N3O/c1-14(2)21(6-5-18(11-21)32-19-4-3-7-30-13-19)20(33)31-12-15-8-16(22(24,25)26)10-17(9-15)23(27,28)29/h8-10,14,18-19,30,32H,3-7,11-13H2,1-2H3,(H,31,33)/t18-,19?,21+/m1/s1. The van der Waals surface area contributed by atoms with Gasteiger partial charge in [0.1, 0.15) is 0 Å². The minimum absolute atomic E-state index is 0.0268. The lowest BCUT2D eigenvalue weighted by molar-refractivity contribution is -0.143. The molecule has 0 radical (unpaired) electrons. The number of halogens is 6. The van der Waals surface area contributed by atoms with E-state index in [1.165, 1.54) is 0 Å². The summed E-state index contributed by atoms with van der Waals surface area (Å²) in [5.41, 5.74) is -3.71. The molecule has 1 aromatic rings. The molecule has 1 aliphatic carbocycles. The Bertz CT molecular complexity index is 800. The lowest BCUT2D eigenvalue weighted by atomic mass is 9.74. The Balaban J connectivity index is 1.71. The Morgan fingerprint density at radius 1 is 1.06 bits per heavy atom. The van der Waals surface area contributed by atoms with Gasteiger partial charge >= 0.3 is 12.4 Å². The zero-order valence-electron chi connectivity index (χ0n) is 18.8. The van der Waals surface area contributed by atoms with E-state index in [1.54, 1.807) is 0 Å². The number of carbonyl (C=O) groups excluding carboxylic acids is 1. The summed E-state index contributed by atoms with van der Waals surface area (Å²) < 4.78 is 78.7. The Morgan fingerprint density at radius 3 is 2.21 bits per heavy atom. The number of carbonyl (C=O) groups is 1. The maximum Gasteiger partial charge on any atom is 0.416 e. The van der Waals surface area contributed by atoms with Crippen LogP contribution >= 0.6 is 0 Å². The van der Waals surface area contributed by atoms with E-state index in [0.717, 1.165) is 32.4 Å². The molecular formula is C23H31F6N3O. The summed E-state index contributed by atoms with van der Waals surface area (Å²) in [5.74, 6) is -0.351. The van der Waals surface area contributed by atoms with Gasteiger partial charge in [-0.3, -0.25) is 4.79 Å². The zero-order chi connectivity index (χ0) is 24.4. The molecule has 3 rings (SSSR count). The second kappa shape index (κ2) is 9.82. The number of alkyl halides is 6. The van der Waals surface area contributed by atoms with Crippen LogP contribution in [0.5, 0.6) is 0 Å². The van der Waals surface area contributed by atoms with Crippen molar-refractivity contribution < 1.29 is 31.1 Å². The first-order valence-corrected chi connectivity index (χ1v) is 11.3. The van der Waals surface area contributed by atoms with Crippen LogP contribution < -0.4 is 16.0 Å². The van der Waals surface area contributed by atoms with Crippen LogP contribution in [0.25, 0.3) is 0 Å². The van der Waals surface area contributed by atoms with E-state index >= 15 is 0 Å². The van der Waals surface area contributed by atoms with Gasteiger partial charge in [0.2, 0.25) is 5.91 Å². The average Bonchev–Trinajstić information content (AvgIpc) is 3.16. The smallest absolute Gasteiger partial charge is 0.352 e. The summed E-state index contributed by atoms with van der Waals surface area (Å²) in [6.07, 6.45) is -5.70. The van der Waals surface area contributed by atoms with E-state index in [9.17, 15) is 31.1 Å². The summed E-state index contributed by atoms with van der Waals surface area (Å²) in [7, 11) is 0. The van der Waals surface area contributed by atoms with E-state index in [2.05, 4.69) is 16.0 Å². The summed E-state index contributed by atoms with van der Waals surface area (Å²) >= 11 is 0. The molecule has 10 heteroatoms. The highest BCUT2D eigenvalue weighted by Gasteiger charge is 2.47. The van der Waals surface area contributed by atoms with Crippen LogP contribution in [-0.4, -0.2) is 31.1 Å². The van der Waals surface area contributed by atoms with Gasteiger partial charge in [-0.25, -0.2) is 0 Å². The van der Waals surface area contributed by atoms with Crippen molar-refractivity contribution in [3.8, 4) is 0 Å². The molecule has 1 aliphatic heterocycles. The fourth-order valence-electron chi connectivity index (χ4n) is 5.02. The molecule has 0 spiro atoms.